The Morgan fingerprint density at radius 1 is 1.29 bits per heavy atom. The van der Waals surface area contributed by atoms with Crippen molar-refractivity contribution in [3.05, 3.63) is 57.8 Å². The number of hydrogen-bond acceptors (Lipinski definition) is 4. The van der Waals surface area contributed by atoms with E-state index in [1.807, 2.05) is 0 Å². The number of halogens is 2. The van der Waals surface area contributed by atoms with Gasteiger partial charge in [0.2, 0.25) is 0 Å². The summed E-state index contributed by atoms with van der Waals surface area (Å²) in [5, 5.41) is 0. The molecule has 0 heterocycles. The molecule has 0 saturated carbocycles. The second-order valence-electron chi connectivity index (χ2n) is 4.31. The zero-order valence-electron chi connectivity index (χ0n) is 11.2. The van der Waals surface area contributed by atoms with Crippen LogP contribution in [0.15, 0.2) is 40.9 Å². The van der Waals surface area contributed by atoms with Gasteiger partial charge in [0, 0.05) is 21.8 Å². The first-order chi connectivity index (χ1) is 9.99. The molecule has 2 aromatic rings. The fourth-order valence-electron chi connectivity index (χ4n) is 1.72. The van der Waals surface area contributed by atoms with Crippen LogP contribution in [0.4, 0.5) is 10.1 Å². The van der Waals surface area contributed by atoms with Gasteiger partial charge in [-0.15, -0.1) is 0 Å². The molecule has 0 saturated heterocycles. The Hall–Kier alpha value is -2.08. The molecule has 6 heteroatoms. The minimum absolute atomic E-state index is 0.0246. The maximum Gasteiger partial charge on any atom is 0.338 e. The minimum Gasteiger partial charge on any atom is -0.497 e. The molecule has 0 aliphatic heterocycles. The van der Waals surface area contributed by atoms with E-state index in [-0.39, 0.29) is 12.4 Å². The Bertz CT molecular complexity index is 676. The van der Waals surface area contributed by atoms with Crippen molar-refractivity contribution >= 4 is 27.6 Å². The summed E-state index contributed by atoms with van der Waals surface area (Å²) in [7, 11) is 1.49. The molecule has 0 aliphatic rings. The van der Waals surface area contributed by atoms with Gasteiger partial charge in [-0.2, -0.15) is 0 Å². The first-order valence-electron chi connectivity index (χ1n) is 6.05. The van der Waals surface area contributed by atoms with Crippen molar-refractivity contribution in [3.8, 4) is 5.75 Å². The standard InChI is InChI=1S/C15H13BrFNO3/c1-20-13-5-10(4-12(18)7-13)15(19)21-8-9-2-3-11(17)6-14(9)16/h2-7H,8,18H2,1H3. The zero-order chi connectivity index (χ0) is 15.4. The highest BCUT2D eigenvalue weighted by molar-refractivity contribution is 9.10. The van der Waals surface area contributed by atoms with Crippen molar-refractivity contribution in [2.75, 3.05) is 12.8 Å². The first kappa shape index (κ1) is 15.3. The second kappa shape index (κ2) is 6.58. The van der Waals surface area contributed by atoms with Gasteiger partial charge >= 0.3 is 5.97 Å². The summed E-state index contributed by atoms with van der Waals surface area (Å²) in [5.74, 6) is -0.417. The van der Waals surface area contributed by atoms with E-state index in [4.69, 9.17) is 15.2 Å². The second-order valence-corrected chi connectivity index (χ2v) is 5.16. The molecule has 0 aromatic heterocycles. The lowest BCUT2D eigenvalue weighted by molar-refractivity contribution is 0.0471. The lowest BCUT2D eigenvalue weighted by Gasteiger charge is -2.09. The van der Waals surface area contributed by atoms with Crippen LogP contribution in [-0.4, -0.2) is 13.1 Å². The molecule has 2 rings (SSSR count). The van der Waals surface area contributed by atoms with Gasteiger partial charge in [0.05, 0.1) is 12.7 Å². The maximum atomic E-state index is 13.0. The monoisotopic (exact) mass is 353 g/mol. The zero-order valence-corrected chi connectivity index (χ0v) is 12.8. The van der Waals surface area contributed by atoms with Crippen molar-refractivity contribution in [3.63, 3.8) is 0 Å². The van der Waals surface area contributed by atoms with Gasteiger partial charge in [0.1, 0.15) is 18.2 Å². The van der Waals surface area contributed by atoms with Crippen LogP contribution < -0.4 is 10.5 Å². The fourth-order valence-corrected chi connectivity index (χ4v) is 2.19. The molecule has 0 amide bonds. The summed E-state index contributed by atoms with van der Waals surface area (Å²) < 4.78 is 23.7. The van der Waals surface area contributed by atoms with Gasteiger partial charge in [0.25, 0.3) is 0 Å². The highest BCUT2D eigenvalue weighted by atomic mass is 79.9. The number of hydrogen-bond donors (Lipinski definition) is 1. The van der Waals surface area contributed by atoms with Crippen LogP contribution in [0.25, 0.3) is 0 Å². The Balaban J connectivity index is 2.09. The molecule has 2 N–H and O–H groups in total. The highest BCUT2D eigenvalue weighted by Crippen LogP contribution is 2.21. The van der Waals surface area contributed by atoms with Crippen LogP contribution in [0.3, 0.4) is 0 Å². The molecule has 2 aromatic carbocycles. The third-order valence-corrected chi connectivity index (χ3v) is 3.51. The largest absolute Gasteiger partial charge is 0.497 e. The molecule has 0 unspecified atom stereocenters. The van der Waals surface area contributed by atoms with Crippen molar-refractivity contribution in [1.29, 1.82) is 0 Å². The lowest BCUT2D eigenvalue weighted by Crippen LogP contribution is -2.06. The molecular weight excluding hydrogens is 341 g/mol. The van der Waals surface area contributed by atoms with E-state index in [1.54, 1.807) is 18.2 Å². The normalized spacial score (nSPS) is 10.2. The number of methoxy groups -OCH3 is 1. The van der Waals surface area contributed by atoms with Gasteiger partial charge in [-0.1, -0.05) is 22.0 Å². The Labute approximate surface area is 129 Å². The van der Waals surface area contributed by atoms with E-state index in [2.05, 4.69) is 15.9 Å². The van der Waals surface area contributed by atoms with Crippen LogP contribution in [0.5, 0.6) is 5.75 Å². The summed E-state index contributed by atoms with van der Waals surface area (Å²) in [6.45, 7) is 0.0246. The van der Waals surface area contributed by atoms with Gasteiger partial charge in [-0.25, -0.2) is 9.18 Å². The van der Waals surface area contributed by atoms with E-state index in [1.165, 1.54) is 25.3 Å². The number of anilines is 1. The number of nitrogens with two attached hydrogens (primary N) is 1. The molecule has 0 atom stereocenters. The molecule has 0 fully saturated rings. The number of esters is 1. The van der Waals surface area contributed by atoms with E-state index < -0.39 is 5.97 Å². The van der Waals surface area contributed by atoms with E-state index >= 15 is 0 Å². The smallest absolute Gasteiger partial charge is 0.338 e. The quantitative estimate of drug-likeness (QED) is 0.674. The summed E-state index contributed by atoms with van der Waals surface area (Å²) in [4.78, 5) is 12.0. The third-order valence-electron chi connectivity index (χ3n) is 2.77. The number of ether oxygens (including phenoxy) is 2. The molecule has 0 bridgehead atoms. The minimum atomic E-state index is -0.531. The predicted octanol–water partition coefficient (Wildman–Crippen LogP) is 3.54. The summed E-state index contributed by atoms with van der Waals surface area (Å²) >= 11 is 3.22. The van der Waals surface area contributed by atoms with E-state index in [9.17, 15) is 9.18 Å². The summed E-state index contributed by atoms with van der Waals surface area (Å²) in [6.07, 6.45) is 0. The summed E-state index contributed by atoms with van der Waals surface area (Å²) in [6, 6.07) is 8.81. The Kier molecular flexibility index (Phi) is 4.80. The number of carbonyl (C=O) groups excluding carboxylic acids is 1. The van der Waals surface area contributed by atoms with E-state index in [0.717, 1.165) is 0 Å². The summed E-state index contributed by atoms with van der Waals surface area (Å²) in [5.41, 5.74) is 7.05. The van der Waals surface area contributed by atoms with Gasteiger partial charge in [-0.05, 0) is 24.3 Å². The van der Waals surface area contributed by atoms with Crippen molar-refractivity contribution in [1.82, 2.24) is 0 Å². The number of rotatable bonds is 4. The number of benzene rings is 2. The van der Waals surface area contributed by atoms with Crippen LogP contribution in [0.1, 0.15) is 15.9 Å². The van der Waals surface area contributed by atoms with Gasteiger partial charge in [0.15, 0.2) is 0 Å². The average molecular weight is 354 g/mol. The van der Waals surface area contributed by atoms with Crippen LogP contribution in [-0.2, 0) is 11.3 Å². The van der Waals surface area contributed by atoms with Crippen molar-refractivity contribution in [2.24, 2.45) is 0 Å². The third kappa shape index (κ3) is 3.95. The molecule has 4 nitrogen and oxygen atoms in total. The topological polar surface area (TPSA) is 61.5 Å². The average Bonchev–Trinajstić information content (AvgIpc) is 2.45. The molecule has 21 heavy (non-hydrogen) atoms. The highest BCUT2D eigenvalue weighted by Gasteiger charge is 2.11. The van der Waals surface area contributed by atoms with Crippen molar-refractivity contribution in [2.45, 2.75) is 6.61 Å². The molecule has 0 radical (unpaired) electrons. The number of carbonyl (C=O) groups is 1. The Morgan fingerprint density at radius 2 is 2.05 bits per heavy atom. The lowest BCUT2D eigenvalue weighted by atomic mass is 10.2. The molecule has 0 aliphatic carbocycles. The SMILES string of the molecule is COc1cc(N)cc(C(=O)OCc2ccc(F)cc2Br)c1. The molecular formula is C15H13BrFNO3. The van der Waals surface area contributed by atoms with Crippen LogP contribution in [0.2, 0.25) is 0 Å². The first-order valence-corrected chi connectivity index (χ1v) is 6.84. The Morgan fingerprint density at radius 3 is 2.71 bits per heavy atom. The number of nitrogen functional groups attached to an aromatic ring is 1. The molecule has 0 spiro atoms. The van der Waals surface area contributed by atoms with Gasteiger partial charge in [-0.3, -0.25) is 0 Å². The fraction of sp³-hybridized carbons (Fsp3) is 0.133. The predicted molar refractivity (Wildman–Crippen MR) is 80.6 cm³/mol. The van der Waals surface area contributed by atoms with Crippen molar-refractivity contribution < 1.29 is 18.7 Å². The molecule has 110 valence electrons. The van der Waals surface area contributed by atoms with Gasteiger partial charge < -0.3 is 15.2 Å². The van der Waals surface area contributed by atoms with E-state index in [0.29, 0.717) is 27.0 Å². The van der Waals surface area contributed by atoms with Crippen LogP contribution in [0, 0.1) is 5.82 Å². The maximum absolute atomic E-state index is 13.0. The van der Waals surface area contributed by atoms with Crippen LogP contribution >= 0.6 is 15.9 Å².